The highest BCUT2D eigenvalue weighted by Crippen LogP contribution is 2.43. The van der Waals surface area contributed by atoms with Crippen LogP contribution in [0, 0.1) is 0 Å². The molecule has 11 heteroatoms. The van der Waals surface area contributed by atoms with Gasteiger partial charge < -0.3 is 19.9 Å². The third kappa shape index (κ3) is 4.58. The van der Waals surface area contributed by atoms with Crippen LogP contribution in [0.3, 0.4) is 0 Å². The summed E-state index contributed by atoms with van der Waals surface area (Å²) in [5.41, 5.74) is 2.53. The van der Waals surface area contributed by atoms with Crippen molar-refractivity contribution < 1.29 is 13.2 Å². The van der Waals surface area contributed by atoms with Gasteiger partial charge in [0.05, 0.1) is 18.3 Å². The number of sulfonamides is 1. The van der Waals surface area contributed by atoms with Crippen LogP contribution in [0.15, 0.2) is 65.8 Å². The zero-order valence-electron chi connectivity index (χ0n) is 23.1. The van der Waals surface area contributed by atoms with Gasteiger partial charge in [0.25, 0.3) is 10.0 Å². The van der Waals surface area contributed by atoms with Gasteiger partial charge in [0.2, 0.25) is 5.95 Å². The summed E-state index contributed by atoms with van der Waals surface area (Å²) in [6.45, 7) is 8.17. The van der Waals surface area contributed by atoms with Gasteiger partial charge in [-0.05, 0) is 31.3 Å². The molecule has 1 N–H and O–H groups in total. The molecule has 4 aromatic rings. The molecule has 2 aliphatic heterocycles. The smallest absolute Gasteiger partial charge is 0.267 e. The largest absolute Gasteiger partial charge is 0.494 e. The van der Waals surface area contributed by atoms with Crippen molar-refractivity contribution >= 4 is 44.1 Å². The normalized spacial score (nSPS) is 17.2. The van der Waals surface area contributed by atoms with Crippen LogP contribution in [0.25, 0.3) is 10.9 Å². The molecule has 1 saturated heterocycles. The van der Waals surface area contributed by atoms with Crippen molar-refractivity contribution in [3.05, 3.63) is 66.5 Å². The number of fused-ring (bicyclic) bond motifs is 2. The molecule has 0 spiro atoms. The highest BCUT2D eigenvalue weighted by Gasteiger charge is 2.43. The second-order valence-electron chi connectivity index (χ2n) is 11.0. The number of likely N-dealkylation sites (N-methyl/N-ethyl adjacent to an activating group) is 1. The van der Waals surface area contributed by atoms with Crippen molar-refractivity contribution in [2.24, 2.45) is 0 Å². The molecule has 0 amide bonds. The summed E-state index contributed by atoms with van der Waals surface area (Å²) in [5, 5.41) is 4.01. The Morgan fingerprint density at radius 2 is 1.77 bits per heavy atom. The lowest BCUT2D eigenvalue weighted by atomic mass is 9.89. The Morgan fingerprint density at radius 1 is 1.00 bits per heavy atom. The molecule has 0 radical (unpaired) electrons. The molecule has 0 atom stereocenters. The maximum Gasteiger partial charge on any atom is 0.267 e. The van der Waals surface area contributed by atoms with Crippen molar-refractivity contribution in [2.75, 3.05) is 61.4 Å². The number of nitrogens with zero attached hydrogens (tertiary/aromatic N) is 6. The molecule has 6 rings (SSSR count). The van der Waals surface area contributed by atoms with E-state index in [-0.39, 0.29) is 11.4 Å². The fraction of sp³-hybridized carbons (Fsp3) is 0.345. The topological polar surface area (TPSA) is 104 Å². The molecule has 10 nitrogen and oxygen atoms in total. The molecule has 0 saturated carbocycles. The highest BCUT2D eigenvalue weighted by molar-refractivity contribution is 7.93. The van der Waals surface area contributed by atoms with E-state index >= 15 is 0 Å². The van der Waals surface area contributed by atoms with E-state index in [9.17, 15) is 8.42 Å². The molecule has 2 aromatic heterocycles. The fourth-order valence-electron chi connectivity index (χ4n) is 5.39. The molecule has 40 heavy (non-hydrogen) atoms. The Labute approximate surface area is 234 Å². The summed E-state index contributed by atoms with van der Waals surface area (Å²) >= 11 is 0. The van der Waals surface area contributed by atoms with Crippen LogP contribution in [-0.2, 0) is 15.4 Å². The first-order valence-electron chi connectivity index (χ1n) is 13.3. The van der Waals surface area contributed by atoms with Crippen LogP contribution in [0.2, 0.25) is 0 Å². The van der Waals surface area contributed by atoms with Gasteiger partial charge >= 0.3 is 0 Å². The zero-order valence-corrected chi connectivity index (χ0v) is 23.9. The average Bonchev–Trinajstić information content (AvgIpc) is 3.24. The summed E-state index contributed by atoms with van der Waals surface area (Å²) in [7, 11) is -0.190. The van der Waals surface area contributed by atoms with Gasteiger partial charge in [0.1, 0.15) is 10.6 Å². The zero-order chi connectivity index (χ0) is 28.1. The lowest BCUT2D eigenvalue weighted by Gasteiger charge is -2.34. The number of piperazine rings is 1. The molecule has 0 bridgehead atoms. The minimum absolute atomic E-state index is 0.156. The summed E-state index contributed by atoms with van der Waals surface area (Å²) in [4.78, 5) is 18.5. The highest BCUT2D eigenvalue weighted by atomic mass is 32.2. The molecule has 2 aliphatic rings. The van der Waals surface area contributed by atoms with E-state index in [4.69, 9.17) is 9.72 Å². The summed E-state index contributed by atoms with van der Waals surface area (Å²) < 4.78 is 35.2. The number of nitrogens with one attached hydrogen (secondary N) is 1. The molecule has 2 aromatic carbocycles. The van der Waals surface area contributed by atoms with Gasteiger partial charge in [0.15, 0.2) is 5.82 Å². The molecular formula is C29H33N7O3S. The van der Waals surface area contributed by atoms with E-state index in [0.717, 1.165) is 42.8 Å². The minimum Gasteiger partial charge on any atom is -0.494 e. The Balaban J connectivity index is 1.34. The maximum absolute atomic E-state index is 14.1. The number of para-hydroxylation sites is 1. The third-order valence-electron chi connectivity index (χ3n) is 7.74. The molecule has 0 aliphatic carbocycles. The van der Waals surface area contributed by atoms with Gasteiger partial charge in [-0.3, -0.25) is 4.98 Å². The van der Waals surface area contributed by atoms with Crippen LogP contribution in [0.1, 0.15) is 19.4 Å². The number of hydrogen-bond acceptors (Lipinski definition) is 9. The van der Waals surface area contributed by atoms with E-state index in [1.54, 1.807) is 37.7 Å². The Hall–Kier alpha value is -3.96. The standard InChI is InChI=1S/C29H33N7O3S/c1-29(2)19-36(40(37,38)25-9-5-7-20-8-6-12-30-26(20)25)27-22(29)18-31-28(33-27)32-23-11-10-21(17-24(23)39-4)35-15-13-34(3)14-16-35/h5-12,17-18H,13-16,19H2,1-4H3,(H,31,32,33). The second-order valence-corrected chi connectivity index (χ2v) is 12.8. The Morgan fingerprint density at radius 3 is 2.55 bits per heavy atom. The molecular weight excluding hydrogens is 526 g/mol. The number of pyridine rings is 1. The van der Waals surface area contributed by atoms with E-state index in [1.165, 1.54) is 4.31 Å². The van der Waals surface area contributed by atoms with Crippen LogP contribution in [0.5, 0.6) is 5.75 Å². The van der Waals surface area contributed by atoms with Gasteiger partial charge in [-0.25, -0.2) is 17.7 Å². The molecule has 208 valence electrons. The summed E-state index contributed by atoms with van der Waals surface area (Å²) in [6, 6.07) is 14.9. The molecule has 4 heterocycles. The number of methoxy groups -OCH3 is 1. The predicted molar refractivity (Wildman–Crippen MR) is 157 cm³/mol. The van der Waals surface area contributed by atoms with Crippen molar-refractivity contribution in [1.82, 2.24) is 19.9 Å². The first-order chi connectivity index (χ1) is 19.2. The molecule has 1 fully saturated rings. The monoisotopic (exact) mass is 559 g/mol. The van der Waals surface area contributed by atoms with Gasteiger partial charge in [0, 0.05) is 73.2 Å². The van der Waals surface area contributed by atoms with Gasteiger partial charge in [-0.15, -0.1) is 0 Å². The Bertz CT molecular complexity index is 1680. The lowest BCUT2D eigenvalue weighted by Crippen LogP contribution is -2.44. The summed E-state index contributed by atoms with van der Waals surface area (Å²) in [6.07, 6.45) is 3.32. The first-order valence-corrected chi connectivity index (χ1v) is 14.7. The van der Waals surface area contributed by atoms with E-state index < -0.39 is 15.4 Å². The van der Waals surface area contributed by atoms with Crippen LogP contribution >= 0.6 is 0 Å². The lowest BCUT2D eigenvalue weighted by molar-refractivity contribution is 0.312. The number of benzene rings is 2. The fourth-order valence-corrected chi connectivity index (χ4v) is 7.15. The van der Waals surface area contributed by atoms with Crippen LogP contribution in [0.4, 0.5) is 23.1 Å². The predicted octanol–water partition coefficient (Wildman–Crippen LogP) is 4.02. The van der Waals surface area contributed by atoms with E-state index in [2.05, 4.69) is 38.2 Å². The van der Waals surface area contributed by atoms with E-state index in [0.29, 0.717) is 28.7 Å². The molecule has 0 unspecified atom stereocenters. The van der Waals surface area contributed by atoms with Crippen LogP contribution in [-0.4, -0.2) is 75.2 Å². The van der Waals surface area contributed by atoms with Crippen molar-refractivity contribution in [3.63, 3.8) is 0 Å². The number of rotatable bonds is 6. The number of hydrogen-bond donors (Lipinski definition) is 1. The summed E-state index contributed by atoms with van der Waals surface area (Å²) in [5.74, 6) is 1.31. The minimum atomic E-state index is -3.96. The number of anilines is 4. The van der Waals surface area contributed by atoms with Gasteiger partial charge in [-0.1, -0.05) is 32.0 Å². The Kier molecular flexibility index (Phi) is 6.50. The number of ether oxygens (including phenoxy) is 1. The quantitative estimate of drug-likeness (QED) is 0.375. The SMILES string of the molecule is COc1cc(N2CCN(C)CC2)ccc1Nc1ncc2c(n1)N(S(=O)(=O)c1cccc3cccnc13)CC2(C)C. The third-order valence-corrected chi connectivity index (χ3v) is 9.50. The second kappa shape index (κ2) is 9.90. The van der Waals surface area contributed by atoms with E-state index in [1.807, 2.05) is 38.1 Å². The van der Waals surface area contributed by atoms with Crippen molar-refractivity contribution in [1.29, 1.82) is 0 Å². The van der Waals surface area contributed by atoms with Crippen molar-refractivity contribution in [3.8, 4) is 5.75 Å². The maximum atomic E-state index is 14.1. The van der Waals surface area contributed by atoms with Crippen molar-refractivity contribution in [2.45, 2.75) is 24.2 Å². The first kappa shape index (κ1) is 26.3. The van der Waals surface area contributed by atoms with Crippen LogP contribution < -0.4 is 19.3 Å². The average molecular weight is 560 g/mol. The van der Waals surface area contributed by atoms with Gasteiger partial charge in [-0.2, -0.15) is 4.98 Å². The number of aromatic nitrogens is 3.